The molecule has 0 aliphatic heterocycles. The summed E-state index contributed by atoms with van der Waals surface area (Å²) in [6.45, 7) is 3.73. The first-order valence-corrected chi connectivity index (χ1v) is 4.11. The van der Waals surface area contributed by atoms with Crippen molar-refractivity contribution in [3.05, 3.63) is 0 Å². The van der Waals surface area contributed by atoms with Crippen LogP contribution in [0.5, 0.6) is 0 Å². The van der Waals surface area contributed by atoms with Crippen molar-refractivity contribution in [2.24, 2.45) is 16.9 Å². The molecule has 0 aromatic carbocycles. The lowest BCUT2D eigenvalue weighted by Gasteiger charge is -2.32. The van der Waals surface area contributed by atoms with Gasteiger partial charge in [-0.05, 0) is 18.3 Å². The summed E-state index contributed by atoms with van der Waals surface area (Å²) in [5.74, 6) is 0.674. The molecule has 0 saturated heterocycles. The largest absolute Gasteiger partial charge is 0.386 e. The molecule has 12 heavy (non-hydrogen) atoms. The van der Waals surface area contributed by atoms with E-state index in [1.807, 2.05) is 0 Å². The minimum absolute atomic E-state index is 0.450. The second-order valence-electron chi connectivity index (χ2n) is 3.27. The van der Waals surface area contributed by atoms with Crippen molar-refractivity contribution in [1.82, 2.24) is 5.43 Å². The predicted octanol–water partition coefficient (Wildman–Crippen LogP) is 0.127. The number of hydrazone groups is 1. The number of hydrogen-bond donors (Lipinski definition) is 2. The van der Waals surface area contributed by atoms with Gasteiger partial charge in [0.25, 0.3) is 5.91 Å². The Balaban J connectivity index is 2.34. The summed E-state index contributed by atoms with van der Waals surface area (Å²) in [5.41, 5.74) is 3.30. The zero-order valence-electron chi connectivity index (χ0n) is 7.37. The van der Waals surface area contributed by atoms with Crippen molar-refractivity contribution in [2.75, 3.05) is 6.61 Å². The molecule has 1 fully saturated rings. The topological polar surface area (TPSA) is 61.7 Å². The van der Waals surface area contributed by atoms with E-state index < -0.39 is 12.5 Å². The lowest BCUT2D eigenvalue weighted by atomic mass is 9.74. The summed E-state index contributed by atoms with van der Waals surface area (Å²) in [7, 11) is 0. The third-order valence-corrected chi connectivity index (χ3v) is 2.38. The van der Waals surface area contributed by atoms with Crippen molar-refractivity contribution < 1.29 is 9.90 Å². The molecule has 2 unspecified atom stereocenters. The number of hydrogen-bond acceptors (Lipinski definition) is 3. The van der Waals surface area contributed by atoms with Crippen molar-refractivity contribution in [2.45, 2.75) is 20.3 Å². The van der Waals surface area contributed by atoms with E-state index >= 15 is 0 Å². The molecular weight excluding hydrogens is 156 g/mol. The van der Waals surface area contributed by atoms with Gasteiger partial charge in [0.1, 0.15) is 6.61 Å². The first-order valence-electron chi connectivity index (χ1n) is 4.11. The molecule has 0 spiro atoms. The fourth-order valence-corrected chi connectivity index (χ4v) is 1.18. The molecule has 1 rings (SSSR count). The Morgan fingerprint density at radius 3 is 2.83 bits per heavy atom. The Kier molecular flexibility index (Phi) is 2.81. The van der Waals surface area contributed by atoms with Crippen molar-refractivity contribution >= 4 is 11.6 Å². The SMILES string of the molecule is CC1C/C(=N\NC(=O)CO)C1C. The summed E-state index contributed by atoms with van der Waals surface area (Å²) in [4.78, 5) is 10.6. The summed E-state index contributed by atoms with van der Waals surface area (Å²) in [6.07, 6.45) is 0.951. The summed E-state index contributed by atoms with van der Waals surface area (Å²) < 4.78 is 0. The van der Waals surface area contributed by atoms with Crippen LogP contribution >= 0.6 is 0 Å². The maximum absolute atomic E-state index is 10.6. The molecule has 4 nitrogen and oxygen atoms in total. The highest BCUT2D eigenvalue weighted by molar-refractivity contribution is 5.93. The summed E-state index contributed by atoms with van der Waals surface area (Å²) >= 11 is 0. The van der Waals surface area contributed by atoms with Crippen molar-refractivity contribution in [3.8, 4) is 0 Å². The Hall–Kier alpha value is -0.900. The smallest absolute Gasteiger partial charge is 0.265 e. The molecule has 1 aliphatic carbocycles. The average molecular weight is 170 g/mol. The molecule has 2 atom stereocenters. The molecule has 1 aliphatic rings. The van der Waals surface area contributed by atoms with E-state index in [-0.39, 0.29) is 0 Å². The van der Waals surface area contributed by atoms with Crippen molar-refractivity contribution in [3.63, 3.8) is 0 Å². The predicted molar refractivity (Wildman–Crippen MR) is 45.6 cm³/mol. The maximum atomic E-state index is 10.6. The highest BCUT2D eigenvalue weighted by atomic mass is 16.3. The molecule has 0 bridgehead atoms. The second-order valence-corrected chi connectivity index (χ2v) is 3.27. The molecule has 0 aromatic heterocycles. The molecular formula is C8H14N2O2. The fourth-order valence-electron chi connectivity index (χ4n) is 1.18. The Labute approximate surface area is 71.7 Å². The van der Waals surface area contributed by atoms with Crippen LogP contribution in [0.3, 0.4) is 0 Å². The molecule has 68 valence electrons. The number of rotatable bonds is 2. The minimum atomic E-state index is -0.499. The molecule has 2 N–H and O–H groups in total. The average Bonchev–Trinajstić information content (AvgIpc) is 2.10. The molecule has 1 saturated carbocycles. The van der Waals surface area contributed by atoms with Crippen LogP contribution in [0.25, 0.3) is 0 Å². The quantitative estimate of drug-likeness (QED) is 0.578. The van der Waals surface area contributed by atoms with E-state index in [4.69, 9.17) is 5.11 Å². The van der Waals surface area contributed by atoms with Gasteiger partial charge in [-0.1, -0.05) is 13.8 Å². The van der Waals surface area contributed by atoms with Crippen LogP contribution < -0.4 is 5.43 Å². The first kappa shape index (κ1) is 9.19. The van der Waals surface area contributed by atoms with Gasteiger partial charge >= 0.3 is 0 Å². The summed E-state index contributed by atoms with van der Waals surface area (Å²) in [6, 6.07) is 0. The van der Waals surface area contributed by atoms with E-state index in [2.05, 4.69) is 24.4 Å². The van der Waals surface area contributed by atoms with Crippen LogP contribution in [0.4, 0.5) is 0 Å². The van der Waals surface area contributed by atoms with Gasteiger partial charge in [-0.2, -0.15) is 5.10 Å². The molecule has 0 aromatic rings. The Bertz CT molecular complexity index is 213. The molecule has 0 heterocycles. The van der Waals surface area contributed by atoms with E-state index in [1.54, 1.807) is 0 Å². The lowest BCUT2D eigenvalue weighted by molar-refractivity contribution is -0.123. The third kappa shape index (κ3) is 1.82. The highest BCUT2D eigenvalue weighted by Gasteiger charge is 2.30. The number of carbonyl (C=O) groups is 1. The zero-order chi connectivity index (χ0) is 9.14. The van der Waals surface area contributed by atoms with Crippen LogP contribution in [0, 0.1) is 11.8 Å². The fraction of sp³-hybridized carbons (Fsp3) is 0.750. The van der Waals surface area contributed by atoms with Gasteiger partial charge in [0.15, 0.2) is 0 Å². The van der Waals surface area contributed by atoms with Crippen molar-refractivity contribution in [1.29, 1.82) is 0 Å². The number of aliphatic hydroxyl groups is 1. The van der Waals surface area contributed by atoms with Crippen LogP contribution in [-0.2, 0) is 4.79 Å². The van der Waals surface area contributed by atoms with Gasteiger partial charge in [-0.3, -0.25) is 4.79 Å². The van der Waals surface area contributed by atoms with Crippen LogP contribution in [-0.4, -0.2) is 23.3 Å². The van der Waals surface area contributed by atoms with Gasteiger partial charge in [0, 0.05) is 5.71 Å². The van der Waals surface area contributed by atoms with Crippen LogP contribution in [0.1, 0.15) is 20.3 Å². The Morgan fingerprint density at radius 2 is 2.42 bits per heavy atom. The normalized spacial score (nSPS) is 31.4. The number of carbonyl (C=O) groups excluding carboxylic acids is 1. The first-order chi connectivity index (χ1) is 5.65. The third-order valence-electron chi connectivity index (χ3n) is 2.38. The van der Waals surface area contributed by atoms with Crippen LogP contribution in [0.2, 0.25) is 0 Å². The standard InChI is InChI=1S/C8H14N2O2/c1-5-3-7(6(5)2)9-10-8(12)4-11/h5-6,11H,3-4H2,1-2H3,(H,10,12)/b9-7+. The van der Waals surface area contributed by atoms with Gasteiger partial charge in [0.2, 0.25) is 0 Å². The number of amides is 1. The number of aliphatic hydroxyl groups excluding tert-OH is 1. The van der Waals surface area contributed by atoms with Gasteiger partial charge in [0.05, 0.1) is 0 Å². The Morgan fingerprint density at radius 1 is 1.75 bits per heavy atom. The zero-order valence-corrected chi connectivity index (χ0v) is 7.37. The van der Waals surface area contributed by atoms with Gasteiger partial charge < -0.3 is 5.11 Å². The van der Waals surface area contributed by atoms with E-state index in [0.29, 0.717) is 11.8 Å². The molecule has 1 amide bonds. The monoisotopic (exact) mass is 170 g/mol. The van der Waals surface area contributed by atoms with Gasteiger partial charge in [-0.15, -0.1) is 0 Å². The lowest BCUT2D eigenvalue weighted by Crippen LogP contribution is -2.35. The second kappa shape index (κ2) is 3.67. The minimum Gasteiger partial charge on any atom is -0.386 e. The van der Waals surface area contributed by atoms with Crippen LogP contribution in [0.15, 0.2) is 5.10 Å². The van der Waals surface area contributed by atoms with E-state index in [9.17, 15) is 4.79 Å². The number of nitrogens with zero attached hydrogens (tertiary/aromatic N) is 1. The highest BCUT2D eigenvalue weighted by Crippen LogP contribution is 2.30. The number of nitrogens with one attached hydrogen (secondary N) is 1. The van der Waals surface area contributed by atoms with E-state index in [0.717, 1.165) is 12.1 Å². The molecule has 0 radical (unpaired) electrons. The summed E-state index contributed by atoms with van der Waals surface area (Å²) in [5, 5.41) is 12.3. The maximum Gasteiger partial charge on any atom is 0.265 e. The van der Waals surface area contributed by atoms with Gasteiger partial charge in [-0.25, -0.2) is 5.43 Å². The molecule has 4 heteroatoms. The van der Waals surface area contributed by atoms with E-state index in [1.165, 1.54) is 0 Å².